The Morgan fingerprint density at radius 3 is 2.56 bits per heavy atom. The van der Waals surface area contributed by atoms with E-state index in [4.69, 9.17) is 16.6 Å². The van der Waals surface area contributed by atoms with Gasteiger partial charge in [0.15, 0.2) is 5.82 Å². The lowest BCUT2D eigenvalue weighted by Crippen LogP contribution is -2.16. The zero-order valence-corrected chi connectivity index (χ0v) is 17.3. The van der Waals surface area contributed by atoms with Gasteiger partial charge in [0.25, 0.3) is 0 Å². The number of hydrogen-bond donors (Lipinski definition) is 1. The van der Waals surface area contributed by atoms with Crippen molar-refractivity contribution in [3.8, 4) is 5.00 Å². The monoisotopic (exact) mass is 400 g/mol. The summed E-state index contributed by atoms with van der Waals surface area (Å²) in [5, 5.41) is 20.3. The first-order valence-electron chi connectivity index (χ1n) is 8.89. The maximum Gasteiger partial charge on any atom is 0.163 e. The van der Waals surface area contributed by atoms with Crippen LogP contribution in [0.2, 0.25) is 5.02 Å². The fourth-order valence-corrected chi connectivity index (χ4v) is 4.78. The summed E-state index contributed by atoms with van der Waals surface area (Å²) in [7, 11) is 0. The first-order valence-corrected chi connectivity index (χ1v) is 10.1. The van der Waals surface area contributed by atoms with E-state index in [1.165, 1.54) is 10.4 Å². The van der Waals surface area contributed by atoms with Crippen molar-refractivity contribution in [2.45, 2.75) is 33.7 Å². The first kappa shape index (κ1) is 18.3. The van der Waals surface area contributed by atoms with Gasteiger partial charge in [-0.15, -0.1) is 21.5 Å². The summed E-state index contributed by atoms with van der Waals surface area (Å²) in [6, 6.07) is 7.48. The maximum atomic E-state index is 9.83. The van der Waals surface area contributed by atoms with Gasteiger partial charge in [0.05, 0.1) is 5.71 Å². The van der Waals surface area contributed by atoms with Crippen LogP contribution < -0.4 is 0 Å². The number of thiophene rings is 1. The number of aliphatic hydroxyl groups excluding tert-OH is 1. The summed E-state index contributed by atoms with van der Waals surface area (Å²) in [5.74, 6) is 1.53. The Morgan fingerprint density at radius 1 is 1.19 bits per heavy atom. The largest absolute Gasteiger partial charge is 0.396 e. The predicted octanol–water partition coefficient (Wildman–Crippen LogP) is 4.43. The second-order valence-electron chi connectivity index (χ2n) is 6.99. The number of aryl methyl sites for hydroxylation is 2. The Morgan fingerprint density at radius 2 is 1.89 bits per heavy atom. The van der Waals surface area contributed by atoms with Crippen LogP contribution in [-0.4, -0.2) is 32.2 Å². The highest BCUT2D eigenvalue weighted by Gasteiger charge is 2.33. The molecule has 1 N–H and O–H groups in total. The van der Waals surface area contributed by atoms with E-state index in [2.05, 4.69) is 28.6 Å². The zero-order valence-electron chi connectivity index (χ0n) is 15.7. The van der Waals surface area contributed by atoms with Crippen LogP contribution in [0.1, 0.15) is 46.2 Å². The molecule has 1 aromatic carbocycles. The van der Waals surface area contributed by atoms with E-state index in [1.54, 1.807) is 11.3 Å². The maximum absolute atomic E-state index is 9.83. The van der Waals surface area contributed by atoms with Crippen molar-refractivity contribution >= 4 is 28.6 Å². The molecule has 1 aliphatic rings. The first-order chi connectivity index (χ1) is 12.9. The third-order valence-electron chi connectivity index (χ3n) is 5.13. The van der Waals surface area contributed by atoms with Gasteiger partial charge in [-0.05, 0) is 38.5 Å². The highest BCUT2D eigenvalue weighted by atomic mass is 35.5. The SMILES string of the molecule is Cc1sc2c(c1C)C(c1ccc(Cl)cc1)=NC(C(C)CO)c1nnc(C)n1-2. The standard InChI is InChI=1S/C20H21ClN4OS/c1-10(9-26)17-19-24-23-13(4)25(19)20-16(11(2)12(3)27-20)18(22-17)14-5-7-15(21)8-6-14/h5-8,10,17,26H,9H2,1-4H3. The lowest BCUT2D eigenvalue weighted by Gasteiger charge is -2.17. The molecule has 1 aliphatic heterocycles. The van der Waals surface area contributed by atoms with Gasteiger partial charge < -0.3 is 5.11 Å². The lowest BCUT2D eigenvalue weighted by molar-refractivity contribution is 0.214. The predicted molar refractivity (Wildman–Crippen MR) is 110 cm³/mol. The summed E-state index contributed by atoms with van der Waals surface area (Å²) in [6.07, 6.45) is 0. The molecule has 3 heterocycles. The van der Waals surface area contributed by atoms with E-state index in [9.17, 15) is 5.11 Å². The number of aromatic nitrogens is 3. The molecule has 0 amide bonds. The lowest BCUT2D eigenvalue weighted by atomic mass is 9.98. The summed E-state index contributed by atoms with van der Waals surface area (Å²) in [4.78, 5) is 6.36. The number of halogens is 1. The van der Waals surface area contributed by atoms with E-state index in [0.717, 1.165) is 33.5 Å². The van der Waals surface area contributed by atoms with E-state index >= 15 is 0 Å². The van der Waals surface area contributed by atoms with Crippen molar-refractivity contribution in [2.75, 3.05) is 6.61 Å². The Hall–Kier alpha value is -2.02. The van der Waals surface area contributed by atoms with Gasteiger partial charge in [0, 0.05) is 33.6 Å². The molecule has 2 unspecified atom stereocenters. The topological polar surface area (TPSA) is 63.3 Å². The average Bonchev–Trinajstić information content (AvgIpc) is 3.12. The smallest absolute Gasteiger partial charge is 0.163 e. The van der Waals surface area contributed by atoms with Crippen LogP contribution in [0.25, 0.3) is 5.00 Å². The Bertz CT molecular complexity index is 1040. The van der Waals surface area contributed by atoms with Gasteiger partial charge in [0.2, 0.25) is 0 Å². The molecule has 3 aromatic rings. The average molecular weight is 401 g/mol. The van der Waals surface area contributed by atoms with Crippen LogP contribution in [0.3, 0.4) is 0 Å². The molecule has 27 heavy (non-hydrogen) atoms. The molecular formula is C20H21ClN4OS. The molecule has 7 heteroatoms. The molecule has 0 saturated heterocycles. The van der Waals surface area contributed by atoms with E-state index < -0.39 is 0 Å². The van der Waals surface area contributed by atoms with Gasteiger partial charge in [-0.3, -0.25) is 9.56 Å². The molecule has 0 fully saturated rings. The van der Waals surface area contributed by atoms with E-state index in [0.29, 0.717) is 5.02 Å². The van der Waals surface area contributed by atoms with Crippen molar-refractivity contribution in [1.82, 2.24) is 14.8 Å². The molecule has 2 aromatic heterocycles. The fourth-order valence-electron chi connectivity index (χ4n) is 3.44. The van der Waals surface area contributed by atoms with Gasteiger partial charge in [-0.2, -0.15) is 0 Å². The summed E-state index contributed by atoms with van der Waals surface area (Å²) >= 11 is 7.83. The summed E-state index contributed by atoms with van der Waals surface area (Å²) < 4.78 is 2.10. The quantitative estimate of drug-likeness (QED) is 0.707. The second kappa shape index (κ2) is 6.86. The van der Waals surface area contributed by atoms with Crippen molar-refractivity contribution in [1.29, 1.82) is 0 Å². The normalized spacial score (nSPS) is 17.1. The third kappa shape index (κ3) is 2.92. The molecule has 140 valence electrons. The highest BCUT2D eigenvalue weighted by molar-refractivity contribution is 7.15. The highest BCUT2D eigenvalue weighted by Crippen LogP contribution is 2.40. The number of fused-ring (bicyclic) bond motifs is 3. The van der Waals surface area contributed by atoms with Crippen LogP contribution in [-0.2, 0) is 0 Å². The van der Waals surface area contributed by atoms with Crippen LogP contribution in [0.4, 0.5) is 0 Å². The summed E-state index contributed by atoms with van der Waals surface area (Å²) in [6.45, 7) is 8.23. The van der Waals surface area contributed by atoms with Crippen LogP contribution in [0.5, 0.6) is 0 Å². The Balaban J connectivity index is 2.05. The van der Waals surface area contributed by atoms with Gasteiger partial charge in [0.1, 0.15) is 16.9 Å². The van der Waals surface area contributed by atoms with Crippen molar-refractivity contribution in [3.05, 3.63) is 62.5 Å². The number of benzene rings is 1. The molecule has 0 saturated carbocycles. The number of aliphatic imine (C=N–C) groups is 1. The van der Waals surface area contributed by atoms with Gasteiger partial charge in [-0.25, -0.2) is 0 Å². The number of rotatable bonds is 3. The number of hydrogen-bond acceptors (Lipinski definition) is 5. The van der Waals surface area contributed by atoms with E-state index in [1.807, 2.05) is 38.1 Å². The zero-order chi connectivity index (χ0) is 19.3. The minimum atomic E-state index is -0.277. The molecule has 5 nitrogen and oxygen atoms in total. The van der Waals surface area contributed by atoms with Crippen molar-refractivity contribution in [2.24, 2.45) is 10.9 Å². The fraction of sp³-hybridized carbons (Fsp3) is 0.350. The van der Waals surface area contributed by atoms with Crippen LogP contribution in [0, 0.1) is 26.7 Å². The molecule has 0 radical (unpaired) electrons. The number of nitrogens with zero attached hydrogens (tertiary/aromatic N) is 4. The van der Waals surface area contributed by atoms with Gasteiger partial charge >= 0.3 is 0 Å². The second-order valence-corrected chi connectivity index (χ2v) is 8.63. The minimum Gasteiger partial charge on any atom is -0.396 e. The van der Waals surface area contributed by atoms with Crippen molar-refractivity contribution < 1.29 is 5.11 Å². The molecule has 0 aliphatic carbocycles. The summed E-state index contributed by atoms with van der Waals surface area (Å²) in [5.41, 5.74) is 4.24. The molecular weight excluding hydrogens is 380 g/mol. The Labute approximate surface area is 167 Å². The minimum absolute atomic E-state index is 0.0274. The molecule has 0 bridgehead atoms. The van der Waals surface area contributed by atoms with Crippen LogP contribution >= 0.6 is 22.9 Å². The Kier molecular flexibility index (Phi) is 4.66. The van der Waals surface area contributed by atoms with Crippen molar-refractivity contribution in [3.63, 3.8) is 0 Å². The van der Waals surface area contributed by atoms with Crippen LogP contribution in [0.15, 0.2) is 29.3 Å². The van der Waals surface area contributed by atoms with E-state index in [-0.39, 0.29) is 18.6 Å². The molecule has 0 spiro atoms. The van der Waals surface area contributed by atoms with Gasteiger partial charge in [-0.1, -0.05) is 30.7 Å². The third-order valence-corrected chi connectivity index (χ3v) is 6.58. The molecule has 4 rings (SSSR count). The molecule has 2 atom stereocenters. The number of aliphatic hydroxyl groups is 1.